The number of nitrogens with one attached hydrogen (secondary N) is 1. The van der Waals surface area contributed by atoms with Crippen molar-refractivity contribution in [3.8, 4) is 0 Å². The molecular formula is C14H12IN2O2. The van der Waals surface area contributed by atoms with Gasteiger partial charge in [0.1, 0.15) is 5.69 Å². The summed E-state index contributed by atoms with van der Waals surface area (Å²) in [7, 11) is 0. The van der Waals surface area contributed by atoms with E-state index in [4.69, 9.17) is 0 Å². The normalized spacial score (nSPS) is 16.6. The number of para-hydroxylation sites is 2. The van der Waals surface area contributed by atoms with Crippen molar-refractivity contribution in [3.63, 3.8) is 0 Å². The highest BCUT2D eigenvalue weighted by Gasteiger charge is 2.15. The molecule has 0 aliphatic heterocycles. The predicted molar refractivity (Wildman–Crippen MR) is 84.1 cm³/mol. The maximum atomic E-state index is 10.9. The van der Waals surface area contributed by atoms with Gasteiger partial charge in [0.05, 0.1) is 4.92 Å². The summed E-state index contributed by atoms with van der Waals surface area (Å²) >= 11 is 2.23. The summed E-state index contributed by atoms with van der Waals surface area (Å²) in [5.41, 5.74) is 0.637. The first-order valence-electron chi connectivity index (χ1n) is 5.72. The molecule has 0 saturated heterocycles. The van der Waals surface area contributed by atoms with Crippen LogP contribution in [0.3, 0.4) is 0 Å². The van der Waals surface area contributed by atoms with Crippen molar-refractivity contribution >= 4 is 34.0 Å². The fourth-order valence-electron chi connectivity index (χ4n) is 1.68. The molecule has 0 heterocycles. The van der Waals surface area contributed by atoms with E-state index in [0.717, 1.165) is 9.50 Å². The number of anilines is 1. The standard InChI is InChI=1S/C14H12IN2O2/c15-12(9-11-5-1-2-6-11)10-16-13-7-3-4-8-14(13)17(18)19/h1-9,16H,10H2/b12-9-. The van der Waals surface area contributed by atoms with Crippen LogP contribution in [0.1, 0.15) is 0 Å². The van der Waals surface area contributed by atoms with Gasteiger partial charge in [-0.2, -0.15) is 0 Å². The number of nitro benzene ring substituents is 1. The summed E-state index contributed by atoms with van der Waals surface area (Å²) in [5.74, 6) is 1.13. The van der Waals surface area contributed by atoms with Gasteiger partial charge in [0.25, 0.3) is 5.69 Å². The van der Waals surface area contributed by atoms with Gasteiger partial charge in [0.2, 0.25) is 0 Å². The zero-order valence-electron chi connectivity index (χ0n) is 10.0. The van der Waals surface area contributed by atoms with Gasteiger partial charge in [-0.3, -0.25) is 10.1 Å². The second-order valence-corrected chi connectivity index (χ2v) is 5.32. The van der Waals surface area contributed by atoms with Crippen LogP contribution in [-0.4, -0.2) is 11.5 Å². The SMILES string of the molecule is O=[N+]([O-])c1ccccc1NC/C(I)=C/[C]1[CH][CH][CH][CH]1. The maximum absolute atomic E-state index is 10.9. The van der Waals surface area contributed by atoms with Crippen LogP contribution in [-0.2, 0) is 0 Å². The number of hydrogen-bond acceptors (Lipinski definition) is 3. The van der Waals surface area contributed by atoms with Crippen LogP contribution in [0.25, 0.3) is 0 Å². The lowest BCUT2D eigenvalue weighted by atomic mass is 10.1. The molecule has 1 saturated carbocycles. The molecule has 1 aliphatic rings. The van der Waals surface area contributed by atoms with Crippen LogP contribution in [0.5, 0.6) is 0 Å². The molecule has 0 amide bonds. The van der Waals surface area contributed by atoms with E-state index in [0.29, 0.717) is 12.2 Å². The molecular weight excluding hydrogens is 355 g/mol. The average Bonchev–Trinajstić information content (AvgIpc) is 2.89. The highest BCUT2D eigenvalue weighted by molar-refractivity contribution is 14.1. The summed E-state index contributed by atoms with van der Waals surface area (Å²) in [6, 6.07) is 6.65. The molecule has 0 spiro atoms. The number of benzene rings is 1. The molecule has 5 radical (unpaired) electrons. The number of rotatable bonds is 5. The quantitative estimate of drug-likeness (QED) is 0.490. The van der Waals surface area contributed by atoms with Crippen molar-refractivity contribution in [3.05, 3.63) is 75.6 Å². The molecule has 0 aromatic heterocycles. The van der Waals surface area contributed by atoms with Crippen molar-refractivity contribution in [1.29, 1.82) is 0 Å². The molecule has 1 aromatic carbocycles. The van der Waals surface area contributed by atoms with Crippen LogP contribution in [0.15, 0.2) is 33.9 Å². The Hall–Kier alpha value is -1.11. The maximum Gasteiger partial charge on any atom is 0.292 e. The molecule has 2 rings (SSSR count). The highest BCUT2D eigenvalue weighted by atomic mass is 127. The zero-order chi connectivity index (χ0) is 13.7. The Labute approximate surface area is 126 Å². The fourth-order valence-corrected chi connectivity index (χ4v) is 2.23. The van der Waals surface area contributed by atoms with Crippen LogP contribution >= 0.6 is 22.6 Å². The molecule has 19 heavy (non-hydrogen) atoms. The molecule has 4 nitrogen and oxygen atoms in total. The van der Waals surface area contributed by atoms with Gasteiger partial charge in [0, 0.05) is 22.1 Å². The van der Waals surface area contributed by atoms with E-state index in [1.165, 1.54) is 6.07 Å². The highest BCUT2D eigenvalue weighted by Crippen LogP contribution is 2.28. The third-order valence-corrected chi connectivity index (χ3v) is 3.25. The van der Waals surface area contributed by atoms with Crippen molar-refractivity contribution in [2.75, 3.05) is 11.9 Å². The Morgan fingerprint density at radius 1 is 1.32 bits per heavy atom. The summed E-state index contributed by atoms with van der Waals surface area (Å²) in [5, 5.41) is 14.0. The van der Waals surface area contributed by atoms with E-state index in [1.807, 2.05) is 31.8 Å². The Morgan fingerprint density at radius 2 is 2.00 bits per heavy atom. The minimum atomic E-state index is -0.379. The Bertz CT molecular complexity index is 482. The lowest BCUT2D eigenvalue weighted by Crippen LogP contribution is -2.04. The summed E-state index contributed by atoms with van der Waals surface area (Å²) < 4.78 is 1.09. The van der Waals surface area contributed by atoms with Crippen molar-refractivity contribution < 1.29 is 4.92 Å². The number of allylic oxidation sites excluding steroid dienone is 1. The minimum absolute atomic E-state index is 0.0972. The van der Waals surface area contributed by atoms with E-state index in [1.54, 1.807) is 18.2 Å². The first kappa shape index (κ1) is 14.3. The first-order valence-corrected chi connectivity index (χ1v) is 6.80. The van der Waals surface area contributed by atoms with Crippen LogP contribution < -0.4 is 5.32 Å². The second-order valence-electron chi connectivity index (χ2n) is 3.94. The van der Waals surface area contributed by atoms with Gasteiger partial charge in [0.15, 0.2) is 0 Å². The van der Waals surface area contributed by atoms with E-state index >= 15 is 0 Å². The third kappa shape index (κ3) is 4.19. The van der Waals surface area contributed by atoms with Gasteiger partial charge in [-0.1, -0.05) is 18.2 Å². The Morgan fingerprint density at radius 3 is 2.68 bits per heavy atom. The van der Waals surface area contributed by atoms with Gasteiger partial charge < -0.3 is 5.32 Å². The minimum Gasteiger partial charge on any atom is -0.375 e. The third-order valence-electron chi connectivity index (χ3n) is 2.56. The fraction of sp³-hybridized carbons (Fsp3) is 0.0714. The lowest BCUT2D eigenvalue weighted by molar-refractivity contribution is -0.383. The lowest BCUT2D eigenvalue weighted by Gasteiger charge is -2.08. The summed E-state index contributed by atoms with van der Waals surface area (Å²) in [6.07, 6.45) is 10.0. The number of hydrogen-bond donors (Lipinski definition) is 1. The summed E-state index contributed by atoms with van der Waals surface area (Å²) in [6.45, 7) is 0.566. The molecule has 5 heteroatoms. The van der Waals surface area contributed by atoms with Gasteiger partial charge in [-0.15, -0.1) is 0 Å². The number of nitrogens with zero attached hydrogens (tertiary/aromatic N) is 1. The molecule has 97 valence electrons. The van der Waals surface area contributed by atoms with Gasteiger partial charge >= 0.3 is 0 Å². The van der Waals surface area contributed by atoms with Gasteiger partial charge in [-0.25, -0.2) is 0 Å². The van der Waals surface area contributed by atoms with Crippen molar-refractivity contribution in [1.82, 2.24) is 0 Å². The van der Waals surface area contributed by atoms with Crippen molar-refractivity contribution in [2.45, 2.75) is 0 Å². The topological polar surface area (TPSA) is 55.2 Å². The van der Waals surface area contributed by atoms with Crippen LogP contribution in [0, 0.1) is 41.7 Å². The summed E-state index contributed by atoms with van der Waals surface area (Å²) in [4.78, 5) is 10.5. The molecule has 1 aromatic rings. The number of halogens is 1. The number of nitro groups is 1. The van der Waals surface area contributed by atoms with Crippen molar-refractivity contribution in [2.24, 2.45) is 0 Å². The van der Waals surface area contributed by atoms with E-state index in [9.17, 15) is 10.1 Å². The van der Waals surface area contributed by atoms with E-state index < -0.39 is 0 Å². The second kappa shape index (κ2) is 6.88. The largest absolute Gasteiger partial charge is 0.375 e. The zero-order valence-corrected chi connectivity index (χ0v) is 12.2. The predicted octanol–water partition coefficient (Wildman–Crippen LogP) is 3.73. The molecule has 0 atom stereocenters. The molecule has 1 fully saturated rings. The van der Waals surface area contributed by atoms with Crippen LogP contribution in [0.2, 0.25) is 0 Å². The smallest absolute Gasteiger partial charge is 0.292 e. The monoisotopic (exact) mass is 367 g/mol. The molecule has 0 unspecified atom stereocenters. The van der Waals surface area contributed by atoms with Crippen LogP contribution in [0.4, 0.5) is 11.4 Å². The van der Waals surface area contributed by atoms with E-state index in [-0.39, 0.29) is 10.6 Å². The van der Waals surface area contributed by atoms with Gasteiger partial charge in [-0.05, 0) is 54.3 Å². The first-order chi connectivity index (χ1) is 9.16. The Balaban J connectivity index is 1.96. The molecule has 1 aliphatic carbocycles. The molecule has 1 N–H and O–H groups in total. The Kier molecular flexibility index (Phi) is 5.18. The molecule has 0 bridgehead atoms. The average molecular weight is 367 g/mol. The van der Waals surface area contributed by atoms with E-state index in [2.05, 4.69) is 27.9 Å².